The number of hydrogen-bond donors (Lipinski definition) is 2. The van der Waals surface area contributed by atoms with Gasteiger partial charge in [-0.25, -0.2) is 0 Å². The Bertz CT molecular complexity index is 850. The van der Waals surface area contributed by atoms with Crippen LogP contribution >= 0.6 is 10.8 Å². The molecule has 0 saturated heterocycles. The molecule has 1 aliphatic rings. The van der Waals surface area contributed by atoms with Gasteiger partial charge in [0.05, 0.1) is 0 Å². The van der Waals surface area contributed by atoms with E-state index >= 15 is 0 Å². The summed E-state index contributed by atoms with van der Waals surface area (Å²) in [6.45, 7) is 1.45. The van der Waals surface area contributed by atoms with E-state index in [2.05, 4.69) is 47.8 Å². The van der Waals surface area contributed by atoms with Gasteiger partial charge in [0.1, 0.15) is 0 Å². The van der Waals surface area contributed by atoms with E-state index in [0.717, 1.165) is 38.6 Å². The summed E-state index contributed by atoms with van der Waals surface area (Å²) in [5.74, 6) is 0.366. The first kappa shape index (κ1) is 19.4. The average molecular weight is 392 g/mol. The average Bonchev–Trinajstić information content (AvgIpc) is 2.62. The third kappa shape index (κ3) is 5.58. The fourth-order valence-electron chi connectivity index (χ4n) is 3.47. The van der Waals surface area contributed by atoms with Crippen LogP contribution in [0.15, 0.2) is 42.5 Å². The van der Waals surface area contributed by atoms with Gasteiger partial charge in [-0.3, -0.25) is 4.55 Å². The standard InChI is InChI=1S/C20H25NO3S2/c22-26(23,24)25-14-13-21-12-4-3-5-16-8-11-20-18(15-16)10-9-17-6-1-2-7-19(17)20/h1-2,6-8,11,15,21H,3-5,9-10,12-14H2,(H,22,23,24). The Kier molecular flexibility index (Phi) is 6.75. The Hall–Kier alpha value is -1.34. The first-order chi connectivity index (χ1) is 12.5. The molecule has 0 radical (unpaired) electrons. The van der Waals surface area contributed by atoms with Gasteiger partial charge in [-0.15, -0.1) is 0 Å². The Morgan fingerprint density at radius 2 is 1.73 bits per heavy atom. The van der Waals surface area contributed by atoms with Crippen molar-refractivity contribution < 1.29 is 13.0 Å². The normalized spacial score (nSPS) is 13.3. The number of rotatable bonds is 9. The molecule has 2 aromatic carbocycles. The minimum Gasteiger partial charge on any atom is -0.316 e. The molecule has 26 heavy (non-hydrogen) atoms. The summed E-state index contributed by atoms with van der Waals surface area (Å²) >= 11 is 0. The second kappa shape index (κ2) is 9.04. The molecule has 2 N–H and O–H groups in total. The van der Waals surface area contributed by atoms with Gasteiger partial charge in [0.2, 0.25) is 0 Å². The van der Waals surface area contributed by atoms with Crippen LogP contribution in [0.2, 0.25) is 0 Å². The number of benzene rings is 2. The molecule has 4 nitrogen and oxygen atoms in total. The lowest BCUT2D eigenvalue weighted by Crippen LogP contribution is -2.19. The van der Waals surface area contributed by atoms with Crippen LogP contribution in [0.4, 0.5) is 0 Å². The van der Waals surface area contributed by atoms with Crippen molar-refractivity contribution in [1.29, 1.82) is 0 Å². The molecule has 0 aliphatic heterocycles. The zero-order valence-electron chi connectivity index (χ0n) is 14.8. The summed E-state index contributed by atoms with van der Waals surface area (Å²) in [6.07, 6.45) is 5.46. The first-order valence-corrected chi connectivity index (χ1v) is 12.0. The van der Waals surface area contributed by atoms with E-state index in [1.165, 1.54) is 27.8 Å². The molecule has 0 heterocycles. The van der Waals surface area contributed by atoms with Gasteiger partial charge in [0, 0.05) is 12.3 Å². The summed E-state index contributed by atoms with van der Waals surface area (Å²) in [4.78, 5) is 0. The molecular formula is C20H25NO3S2. The fraction of sp³-hybridized carbons (Fsp3) is 0.400. The molecule has 0 amide bonds. The molecule has 0 saturated carbocycles. The SMILES string of the molecule is O=S(=O)(O)SCCNCCCCc1ccc2c(c1)CCc1ccccc1-2. The Balaban J connectivity index is 1.42. The number of unbranched alkanes of at least 4 members (excludes halogenated alkanes) is 1. The van der Waals surface area contributed by atoms with E-state index in [1.54, 1.807) is 0 Å². The monoisotopic (exact) mass is 391 g/mol. The Morgan fingerprint density at radius 1 is 0.962 bits per heavy atom. The van der Waals surface area contributed by atoms with Crippen molar-refractivity contribution in [2.45, 2.75) is 32.1 Å². The van der Waals surface area contributed by atoms with Crippen molar-refractivity contribution in [2.75, 3.05) is 18.8 Å². The molecule has 1 aliphatic carbocycles. The maximum absolute atomic E-state index is 10.6. The van der Waals surface area contributed by atoms with Crippen molar-refractivity contribution in [3.8, 4) is 11.1 Å². The topological polar surface area (TPSA) is 66.4 Å². The third-order valence-corrected chi connectivity index (χ3v) is 6.78. The summed E-state index contributed by atoms with van der Waals surface area (Å²) in [6, 6.07) is 15.6. The van der Waals surface area contributed by atoms with E-state index in [9.17, 15) is 8.42 Å². The van der Waals surface area contributed by atoms with Gasteiger partial charge in [-0.2, -0.15) is 8.42 Å². The van der Waals surface area contributed by atoms with Crippen LogP contribution in [-0.4, -0.2) is 31.8 Å². The number of hydrogen-bond acceptors (Lipinski definition) is 4. The minimum absolute atomic E-state index is 0.366. The molecule has 0 bridgehead atoms. The smallest absolute Gasteiger partial charge is 0.316 e. The highest BCUT2D eigenvalue weighted by atomic mass is 33.1. The van der Waals surface area contributed by atoms with E-state index in [0.29, 0.717) is 23.1 Å². The molecule has 0 fully saturated rings. The van der Waals surface area contributed by atoms with Crippen molar-refractivity contribution in [1.82, 2.24) is 5.32 Å². The van der Waals surface area contributed by atoms with Crippen LogP contribution in [0, 0.1) is 0 Å². The minimum atomic E-state index is -3.91. The maximum Gasteiger partial charge on any atom is 0.319 e. The highest BCUT2D eigenvalue weighted by Crippen LogP contribution is 2.33. The predicted octanol–water partition coefficient (Wildman–Crippen LogP) is 3.90. The summed E-state index contributed by atoms with van der Waals surface area (Å²) in [5.41, 5.74) is 7.07. The predicted molar refractivity (Wildman–Crippen MR) is 109 cm³/mol. The van der Waals surface area contributed by atoms with Gasteiger partial charge in [-0.05, 0) is 77.3 Å². The first-order valence-electron chi connectivity index (χ1n) is 9.05. The quantitative estimate of drug-likeness (QED) is 0.385. The van der Waals surface area contributed by atoms with Crippen LogP contribution in [0.25, 0.3) is 11.1 Å². The number of nitrogens with one attached hydrogen (secondary N) is 1. The molecule has 6 heteroatoms. The maximum atomic E-state index is 10.6. The van der Waals surface area contributed by atoms with Crippen LogP contribution in [0.3, 0.4) is 0 Å². The van der Waals surface area contributed by atoms with Crippen LogP contribution < -0.4 is 5.32 Å². The van der Waals surface area contributed by atoms with Crippen LogP contribution in [0.1, 0.15) is 29.5 Å². The molecule has 3 rings (SSSR count). The summed E-state index contributed by atoms with van der Waals surface area (Å²) in [5, 5.41) is 3.21. The molecule has 0 aromatic heterocycles. The molecule has 2 aromatic rings. The number of aryl methyl sites for hydroxylation is 3. The van der Waals surface area contributed by atoms with E-state index in [4.69, 9.17) is 4.55 Å². The van der Waals surface area contributed by atoms with Gasteiger partial charge in [0.25, 0.3) is 0 Å². The van der Waals surface area contributed by atoms with Crippen molar-refractivity contribution in [3.63, 3.8) is 0 Å². The highest BCUT2D eigenvalue weighted by Gasteiger charge is 2.15. The van der Waals surface area contributed by atoms with Crippen molar-refractivity contribution in [3.05, 3.63) is 59.2 Å². The lowest BCUT2D eigenvalue weighted by molar-refractivity contribution is 0.503. The molecule has 0 unspecified atom stereocenters. The Labute approximate surface area is 159 Å². The van der Waals surface area contributed by atoms with Crippen molar-refractivity contribution in [2.24, 2.45) is 0 Å². The van der Waals surface area contributed by atoms with Crippen LogP contribution in [0.5, 0.6) is 0 Å². The largest absolute Gasteiger partial charge is 0.319 e. The van der Waals surface area contributed by atoms with Crippen molar-refractivity contribution >= 4 is 19.9 Å². The molecular weight excluding hydrogens is 366 g/mol. The lowest BCUT2D eigenvalue weighted by Gasteiger charge is -2.20. The van der Waals surface area contributed by atoms with E-state index in [-0.39, 0.29) is 0 Å². The van der Waals surface area contributed by atoms with Crippen LogP contribution in [-0.2, 0) is 28.4 Å². The summed E-state index contributed by atoms with van der Waals surface area (Å²) in [7, 11) is -3.34. The van der Waals surface area contributed by atoms with E-state index in [1.807, 2.05) is 0 Å². The summed E-state index contributed by atoms with van der Waals surface area (Å²) < 4.78 is 29.8. The zero-order valence-corrected chi connectivity index (χ0v) is 16.4. The molecule has 140 valence electrons. The zero-order chi connectivity index (χ0) is 18.4. The van der Waals surface area contributed by atoms with Gasteiger partial charge < -0.3 is 5.32 Å². The third-order valence-electron chi connectivity index (χ3n) is 4.72. The lowest BCUT2D eigenvalue weighted by atomic mass is 9.84. The fourth-order valence-corrected chi connectivity index (χ4v) is 4.79. The molecule has 0 spiro atoms. The Morgan fingerprint density at radius 3 is 2.58 bits per heavy atom. The van der Waals surface area contributed by atoms with E-state index < -0.39 is 9.15 Å². The highest BCUT2D eigenvalue weighted by molar-refractivity contribution is 8.69. The molecule has 0 atom stereocenters. The second-order valence-electron chi connectivity index (χ2n) is 6.61. The van der Waals surface area contributed by atoms with Gasteiger partial charge >= 0.3 is 9.15 Å². The second-order valence-corrected chi connectivity index (χ2v) is 10.1. The number of fused-ring (bicyclic) bond motifs is 3. The van der Waals surface area contributed by atoms with Gasteiger partial charge in [-0.1, -0.05) is 42.5 Å². The van der Waals surface area contributed by atoms with Gasteiger partial charge in [0.15, 0.2) is 0 Å².